The van der Waals surface area contributed by atoms with Crippen LogP contribution in [-0.4, -0.2) is 68.9 Å². The summed E-state index contributed by atoms with van der Waals surface area (Å²) < 4.78 is 14.0. The largest absolute Gasteiger partial charge is 0.439 e. The number of nitrogens with one attached hydrogen (secondary N) is 3. The van der Waals surface area contributed by atoms with Crippen LogP contribution in [0.15, 0.2) is 51.4 Å². The normalized spacial score (nSPS) is 18.8. The molecule has 1 saturated carbocycles. The van der Waals surface area contributed by atoms with Crippen molar-refractivity contribution in [3.63, 3.8) is 0 Å². The van der Waals surface area contributed by atoms with Gasteiger partial charge in [0.15, 0.2) is 22.9 Å². The lowest BCUT2D eigenvalue weighted by molar-refractivity contribution is 0.100. The molecule has 1 saturated heterocycles. The third-order valence-electron chi connectivity index (χ3n) is 8.81. The minimum atomic E-state index is -0.700. The van der Waals surface area contributed by atoms with E-state index in [1.54, 1.807) is 10.5 Å². The van der Waals surface area contributed by atoms with Crippen LogP contribution in [0, 0.1) is 0 Å². The Kier molecular flexibility index (Phi) is 7.07. The summed E-state index contributed by atoms with van der Waals surface area (Å²) in [6.07, 6.45) is 7.29. The summed E-state index contributed by atoms with van der Waals surface area (Å²) >= 11 is 1.35. The third kappa shape index (κ3) is 4.92. The predicted molar refractivity (Wildman–Crippen MR) is 177 cm³/mol. The van der Waals surface area contributed by atoms with Crippen molar-refractivity contribution in [1.82, 2.24) is 24.6 Å². The van der Waals surface area contributed by atoms with Gasteiger partial charge in [-0.25, -0.2) is 0 Å². The van der Waals surface area contributed by atoms with E-state index in [-0.39, 0.29) is 34.5 Å². The second-order valence-electron chi connectivity index (χ2n) is 11.7. The van der Waals surface area contributed by atoms with E-state index < -0.39 is 5.91 Å². The fraction of sp³-hybridized carbons (Fsp3) is 0.323. The van der Waals surface area contributed by atoms with E-state index in [9.17, 15) is 9.59 Å². The Hall–Kier alpha value is -4.99. The minimum absolute atomic E-state index is 0.00134. The fourth-order valence-corrected chi connectivity index (χ4v) is 7.34. The number of aromatic nitrogens is 5. The van der Waals surface area contributed by atoms with E-state index in [1.807, 2.05) is 34.7 Å². The van der Waals surface area contributed by atoms with Crippen molar-refractivity contribution in [3.05, 3.63) is 58.0 Å². The van der Waals surface area contributed by atoms with Gasteiger partial charge in [0.25, 0.3) is 5.91 Å². The molecule has 0 unspecified atom stereocenters. The van der Waals surface area contributed by atoms with E-state index >= 15 is 0 Å². The Morgan fingerprint density at radius 2 is 2.00 bits per heavy atom. The van der Waals surface area contributed by atoms with Crippen molar-refractivity contribution in [2.75, 3.05) is 41.8 Å². The molecule has 14 nitrogen and oxygen atoms in total. The Morgan fingerprint density at radius 1 is 1.15 bits per heavy atom. The number of H-pyrrole nitrogens is 1. The van der Waals surface area contributed by atoms with E-state index in [1.165, 1.54) is 17.7 Å². The molecule has 0 bridgehead atoms. The first-order valence-electron chi connectivity index (χ1n) is 15.3. The molecule has 236 valence electrons. The van der Waals surface area contributed by atoms with Crippen LogP contribution in [0.3, 0.4) is 0 Å². The maximum atomic E-state index is 13.1. The highest BCUT2D eigenvalue weighted by atomic mass is 32.1. The highest BCUT2D eigenvalue weighted by molar-refractivity contribution is 7.17. The van der Waals surface area contributed by atoms with Crippen LogP contribution < -0.4 is 32.4 Å². The number of morpholine rings is 1. The first-order valence-corrected chi connectivity index (χ1v) is 16.1. The highest BCUT2D eigenvalue weighted by Gasteiger charge is 2.27. The lowest BCUT2D eigenvalue weighted by Crippen LogP contribution is -2.43. The highest BCUT2D eigenvalue weighted by Crippen LogP contribution is 2.39. The maximum absolute atomic E-state index is 13.1. The molecule has 6 aromatic rings. The van der Waals surface area contributed by atoms with Crippen molar-refractivity contribution in [3.8, 4) is 11.1 Å². The first-order chi connectivity index (χ1) is 22.4. The Balaban J connectivity index is 1.24. The minimum Gasteiger partial charge on any atom is -0.439 e. The number of benzene rings is 1. The summed E-state index contributed by atoms with van der Waals surface area (Å²) in [7, 11) is 0. The Morgan fingerprint density at radius 3 is 2.83 bits per heavy atom. The van der Waals surface area contributed by atoms with E-state index in [2.05, 4.69) is 25.8 Å². The zero-order valence-corrected chi connectivity index (χ0v) is 25.6. The molecule has 7 N–H and O–H groups in total. The number of nitrogens with zero attached hydrogens (tertiary/aromatic N) is 5. The van der Waals surface area contributed by atoms with Crippen molar-refractivity contribution in [2.24, 2.45) is 11.5 Å². The number of rotatable bonds is 7. The molecule has 1 amide bonds. The third-order valence-corrected chi connectivity index (χ3v) is 9.79. The second kappa shape index (κ2) is 11.4. The SMILES string of the molecule is NC(=O)c1c(Nc2cc(-c3csc4c(=O)cc(N5CCOCC5)oc34)cc3cc[nH]c23)nc(N[C@H]2CCCC[C@H]2N)n2cnnc12. The van der Waals surface area contributed by atoms with Crippen molar-refractivity contribution < 1.29 is 13.9 Å². The summed E-state index contributed by atoms with van der Waals surface area (Å²) in [6, 6.07) is 7.44. The van der Waals surface area contributed by atoms with Gasteiger partial charge in [-0.05, 0) is 36.6 Å². The molecular weight excluding hydrogens is 608 g/mol. The monoisotopic (exact) mass is 640 g/mol. The number of amides is 1. The molecule has 2 atom stereocenters. The van der Waals surface area contributed by atoms with Gasteiger partial charge in [0.05, 0.1) is 24.4 Å². The number of hydrogen-bond donors (Lipinski definition) is 5. The molecule has 8 rings (SSSR count). The summed E-state index contributed by atoms with van der Waals surface area (Å²) in [4.78, 5) is 36.1. The topological polar surface area (TPSA) is 195 Å². The fourth-order valence-electron chi connectivity index (χ4n) is 6.43. The number of hydrogen-bond acceptors (Lipinski definition) is 12. The number of primary amides is 1. The average molecular weight is 641 g/mol. The van der Waals surface area contributed by atoms with Gasteiger partial charge in [-0.15, -0.1) is 21.5 Å². The molecule has 2 fully saturated rings. The molecule has 5 aromatic heterocycles. The van der Waals surface area contributed by atoms with Crippen LogP contribution in [0.5, 0.6) is 0 Å². The summed E-state index contributed by atoms with van der Waals surface area (Å²) in [5.41, 5.74) is 16.2. The van der Waals surface area contributed by atoms with Gasteiger partial charge in [-0.1, -0.05) is 12.8 Å². The lowest BCUT2D eigenvalue weighted by atomic mass is 9.91. The van der Waals surface area contributed by atoms with Crippen LogP contribution in [-0.2, 0) is 4.74 Å². The smallest absolute Gasteiger partial charge is 0.256 e. The molecule has 1 aliphatic carbocycles. The van der Waals surface area contributed by atoms with E-state index in [0.29, 0.717) is 54.1 Å². The van der Waals surface area contributed by atoms with E-state index in [4.69, 9.17) is 25.6 Å². The zero-order valence-electron chi connectivity index (χ0n) is 24.8. The van der Waals surface area contributed by atoms with Crippen molar-refractivity contribution >= 4 is 67.4 Å². The van der Waals surface area contributed by atoms with Crippen LogP contribution in [0.2, 0.25) is 0 Å². The van der Waals surface area contributed by atoms with Crippen LogP contribution in [0.4, 0.5) is 23.3 Å². The number of fused-ring (bicyclic) bond motifs is 3. The van der Waals surface area contributed by atoms with Crippen LogP contribution >= 0.6 is 11.3 Å². The number of thiophene rings is 1. The predicted octanol–water partition coefficient (Wildman–Crippen LogP) is 3.80. The molecule has 46 heavy (non-hydrogen) atoms. The van der Waals surface area contributed by atoms with Gasteiger partial charge in [0.2, 0.25) is 11.4 Å². The van der Waals surface area contributed by atoms with Gasteiger partial charge < -0.3 is 41.1 Å². The average Bonchev–Trinajstić information content (AvgIpc) is 3.83. The van der Waals surface area contributed by atoms with Gasteiger partial charge in [0.1, 0.15) is 16.6 Å². The molecule has 2 aliphatic rings. The van der Waals surface area contributed by atoms with Crippen LogP contribution in [0.1, 0.15) is 36.0 Å². The molecule has 6 heterocycles. The van der Waals surface area contributed by atoms with Crippen molar-refractivity contribution in [1.29, 1.82) is 0 Å². The Bertz CT molecular complexity index is 2160. The number of nitrogens with two attached hydrogens (primary N) is 2. The first kappa shape index (κ1) is 28.5. The van der Waals surface area contributed by atoms with Crippen LogP contribution in [0.25, 0.3) is 38.0 Å². The quantitative estimate of drug-likeness (QED) is 0.170. The van der Waals surface area contributed by atoms with Crippen molar-refractivity contribution in [2.45, 2.75) is 37.8 Å². The molecule has 1 aromatic carbocycles. The number of ether oxygens (including phenoxy) is 1. The number of aromatic amines is 1. The standard InChI is InChI=1S/C31H32N10O4S/c32-19-3-1-2-4-20(19)37-31-38-29(24(28(33)43)30-39-35-15-41(30)31)36-21-12-17(11-16-5-6-34-25(16)21)18-14-46-27-22(42)13-23(45-26(18)27)40-7-9-44-10-8-40/h5-6,11-15,19-20,34,36H,1-4,7-10,32H2,(H2,33,43)(H,37,38)/t19-,20+/m1/s1. The molecule has 0 spiro atoms. The van der Waals surface area contributed by atoms with Gasteiger partial charge in [0, 0.05) is 53.8 Å². The molecule has 15 heteroatoms. The molecular formula is C31H32N10O4S. The summed E-state index contributed by atoms with van der Waals surface area (Å²) in [5.74, 6) is 0.504. The van der Waals surface area contributed by atoms with Gasteiger partial charge >= 0.3 is 0 Å². The summed E-state index contributed by atoms with van der Waals surface area (Å²) in [5, 5.41) is 17.9. The lowest BCUT2D eigenvalue weighted by Gasteiger charge is -2.30. The second-order valence-corrected chi connectivity index (χ2v) is 12.6. The number of carbonyl (C=O) groups excluding carboxylic acids is 1. The Labute approximate surface area is 265 Å². The zero-order chi connectivity index (χ0) is 31.4. The number of anilines is 4. The van der Waals surface area contributed by atoms with Gasteiger partial charge in [-0.2, -0.15) is 4.98 Å². The van der Waals surface area contributed by atoms with E-state index in [0.717, 1.165) is 47.7 Å². The number of carbonyl (C=O) groups is 1. The maximum Gasteiger partial charge on any atom is 0.256 e. The molecule has 1 aliphatic heterocycles. The summed E-state index contributed by atoms with van der Waals surface area (Å²) in [6.45, 7) is 2.44. The van der Waals surface area contributed by atoms with Gasteiger partial charge in [-0.3, -0.25) is 14.0 Å². The molecule has 0 radical (unpaired) electrons.